The molecule has 2 N–H and O–H groups in total. The van der Waals surface area contributed by atoms with Gasteiger partial charge in [-0.3, -0.25) is 4.90 Å². The van der Waals surface area contributed by atoms with Crippen molar-refractivity contribution in [1.82, 2.24) is 4.90 Å². The first kappa shape index (κ1) is 17.6. The molecular formula is C19H22FNO4. The molecule has 5 nitrogen and oxygen atoms in total. The van der Waals surface area contributed by atoms with Gasteiger partial charge >= 0.3 is 5.97 Å². The SMILES string of the molecule is CCc1oc(C(=O)O)cc1CN1CCC(O)(Cc2ccc(F)cc2)C1. The molecule has 1 aliphatic heterocycles. The molecule has 0 spiro atoms. The van der Waals surface area contributed by atoms with Crippen LogP contribution in [0.15, 0.2) is 34.7 Å². The monoisotopic (exact) mass is 347 g/mol. The maximum atomic E-state index is 13.0. The van der Waals surface area contributed by atoms with Gasteiger partial charge in [-0.2, -0.15) is 0 Å². The van der Waals surface area contributed by atoms with Crippen molar-refractivity contribution in [2.45, 2.75) is 38.3 Å². The number of aliphatic hydroxyl groups is 1. The molecule has 6 heteroatoms. The highest BCUT2D eigenvalue weighted by Crippen LogP contribution is 2.28. The Morgan fingerprint density at radius 2 is 2.08 bits per heavy atom. The average Bonchev–Trinajstić information content (AvgIpc) is 3.14. The Morgan fingerprint density at radius 3 is 2.72 bits per heavy atom. The predicted molar refractivity (Wildman–Crippen MR) is 90.0 cm³/mol. The second kappa shape index (κ2) is 6.98. The molecule has 1 aliphatic rings. The van der Waals surface area contributed by atoms with Crippen LogP contribution in [0.25, 0.3) is 0 Å². The smallest absolute Gasteiger partial charge is 0.371 e. The Labute approximate surface area is 145 Å². The van der Waals surface area contributed by atoms with E-state index >= 15 is 0 Å². The highest BCUT2D eigenvalue weighted by Gasteiger charge is 2.36. The molecule has 0 saturated carbocycles. The molecule has 134 valence electrons. The van der Waals surface area contributed by atoms with E-state index in [2.05, 4.69) is 4.90 Å². The summed E-state index contributed by atoms with van der Waals surface area (Å²) in [7, 11) is 0. The van der Waals surface area contributed by atoms with Crippen molar-refractivity contribution >= 4 is 5.97 Å². The second-order valence-corrected chi connectivity index (χ2v) is 6.71. The Kier molecular flexibility index (Phi) is 4.92. The van der Waals surface area contributed by atoms with Gasteiger partial charge in [0.15, 0.2) is 0 Å². The van der Waals surface area contributed by atoms with Crippen LogP contribution in [0.1, 0.15) is 40.8 Å². The van der Waals surface area contributed by atoms with Gasteiger partial charge in [-0.1, -0.05) is 19.1 Å². The number of nitrogens with zero attached hydrogens (tertiary/aromatic N) is 1. The number of halogens is 1. The van der Waals surface area contributed by atoms with E-state index < -0.39 is 11.6 Å². The first-order valence-corrected chi connectivity index (χ1v) is 8.42. The molecule has 2 aromatic rings. The predicted octanol–water partition coefficient (Wildman–Crippen LogP) is 2.86. The molecule has 0 amide bonds. The third kappa shape index (κ3) is 4.08. The fraction of sp³-hybridized carbons (Fsp3) is 0.421. The lowest BCUT2D eigenvalue weighted by atomic mass is 9.94. The zero-order valence-electron chi connectivity index (χ0n) is 14.2. The summed E-state index contributed by atoms with van der Waals surface area (Å²) >= 11 is 0. The molecule has 1 saturated heterocycles. The van der Waals surface area contributed by atoms with Crippen LogP contribution < -0.4 is 0 Å². The molecule has 1 aromatic heterocycles. The van der Waals surface area contributed by atoms with E-state index in [1.54, 1.807) is 18.2 Å². The van der Waals surface area contributed by atoms with Crippen molar-refractivity contribution in [3.63, 3.8) is 0 Å². The quantitative estimate of drug-likeness (QED) is 0.840. The van der Waals surface area contributed by atoms with Crippen molar-refractivity contribution in [2.75, 3.05) is 13.1 Å². The van der Waals surface area contributed by atoms with Gasteiger partial charge < -0.3 is 14.6 Å². The lowest BCUT2D eigenvalue weighted by Gasteiger charge is -2.23. The number of hydrogen-bond acceptors (Lipinski definition) is 4. The van der Waals surface area contributed by atoms with E-state index in [-0.39, 0.29) is 11.6 Å². The fourth-order valence-corrected chi connectivity index (χ4v) is 3.45. The molecule has 2 heterocycles. The normalized spacial score (nSPS) is 20.9. The molecule has 0 aliphatic carbocycles. The summed E-state index contributed by atoms with van der Waals surface area (Å²) in [5, 5.41) is 19.9. The second-order valence-electron chi connectivity index (χ2n) is 6.71. The lowest BCUT2D eigenvalue weighted by Crippen LogP contribution is -2.35. The van der Waals surface area contributed by atoms with Crippen LogP contribution in [0.3, 0.4) is 0 Å². The standard InChI is InChI=1S/C19H22FNO4/c1-2-16-14(9-17(25-16)18(22)23)11-21-8-7-19(24,12-21)10-13-3-5-15(20)6-4-13/h3-6,9,24H,2,7-8,10-12H2,1H3,(H,22,23). The third-order valence-corrected chi connectivity index (χ3v) is 4.68. The summed E-state index contributed by atoms with van der Waals surface area (Å²) in [6.45, 7) is 3.67. The summed E-state index contributed by atoms with van der Waals surface area (Å²) < 4.78 is 18.4. The van der Waals surface area contributed by atoms with Gasteiger partial charge in [0.2, 0.25) is 5.76 Å². The van der Waals surface area contributed by atoms with Gasteiger partial charge in [0, 0.05) is 38.0 Å². The maximum absolute atomic E-state index is 13.0. The zero-order valence-corrected chi connectivity index (χ0v) is 14.2. The largest absolute Gasteiger partial charge is 0.475 e. The van der Waals surface area contributed by atoms with Gasteiger partial charge in [-0.05, 0) is 30.2 Å². The molecule has 0 radical (unpaired) electrons. The van der Waals surface area contributed by atoms with Crippen LogP contribution in [0, 0.1) is 5.82 Å². The number of carboxylic acids is 1. The maximum Gasteiger partial charge on any atom is 0.371 e. The van der Waals surface area contributed by atoms with Crippen molar-refractivity contribution in [3.8, 4) is 0 Å². The Morgan fingerprint density at radius 1 is 1.36 bits per heavy atom. The Balaban J connectivity index is 1.66. The first-order chi connectivity index (χ1) is 11.9. The number of rotatable bonds is 6. The molecule has 3 rings (SSSR count). The molecule has 25 heavy (non-hydrogen) atoms. The highest BCUT2D eigenvalue weighted by atomic mass is 19.1. The van der Waals surface area contributed by atoms with Gasteiger partial charge in [0.25, 0.3) is 0 Å². The van der Waals surface area contributed by atoms with E-state index in [0.29, 0.717) is 44.7 Å². The van der Waals surface area contributed by atoms with Crippen molar-refractivity contribution < 1.29 is 23.8 Å². The average molecular weight is 347 g/mol. The van der Waals surface area contributed by atoms with E-state index in [1.165, 1.54) is 12.1 Å². The summed E-state index contributed by atoms with van der Waals surface area (Å²) in [5.41, 5.74) is 0.895. The van der Waals surface area contributed by atoms with Crippen LogP contribution >= 0.6 is 0 Å². The molecule has 1 unspecified atom stereocenters. The highest BCUT2D eigenvalue weighted by molar-refractivity contribution is 5.84. The minimum atomic E-state index is -1.07. The van der Waals surface area contributed by atoms with Crippen LogP contribution in [0.5, 0.6) is 0 Å². The van der Waals surface area contributed by atoms with E-state index in [0.717, 1.165) is 11.1 Å². The van der Waals surface area contributed by atoms with E-state index in [1.807, 2.05) is 6.92 Å². The summed E-state index contributed by atoms with van der Waals surface area (Å²) in [5.74, 6) is -0.737. The number of hydrogen-bond donors (Lipinski definition) is 2. The van der Waals surface area contributed by atoms with E-state index in [9.17, 15) is 14.3 Å². The Bertz CT molecular complexity index is 755. The van der Waals surface area contributed by atoms with Crippen molar-refractivity contribution in [2.24, 2.45) is 0 Å². The molecule has 1 atom stereocenters. The third-order valence-electron chi connectivity index (χ3n) is 4.68. The van der Waals surface area contributed by atoms with Gasteiger partial charge in [-0.25, -0.2) is 9.18 Å². The lowest BCUT2D eigenvalue weighted by molar-refractivity contribution is 0.0487. The van der Waals surface area contributed by atoms with Crippen LogP contribution in [-0.2, 0) is 19.4 Å². The van der Waals surface area contributed by atoms with Gasteiger partial charge in [0.1, 0.15) is 11.6 Å². The van der Waals surface area contributed by atoms with Crippen LogP contribution in [-0.4, -0.2) is 39.8 Å². The summed E-state index contributed by atoms with van der Waals surface area (Å²) in [6, 6.07) is 7.76. The molecular weight excluding hydrogens is 325 g/mol. The number of benzene rings is 1. The van der Waals surface area contributed by atoms with Gasteiger partial charge in [0.05, 0.1) is 5.60 Å². The minimum absolute atomic E-state index is 0.0485. The van der Waals surface area contributed by atoms with Crippen LogP contribution in [0.4, 0.5) is 4.39 Å². The number of likely N-dealkylation sites (tertiary alicyclic amines) is 1. The number of aromatic carboxylic acids is 1. The molecule has 1 fully saturated rings. The zero-order chi connectivity index (χ0) is 18.0. The number of aryl methyl sites for hydroxylation is 1. The van der Waals surface area contributed by atoms with E-state index in [4.69, 9.17) is 9.52 Å². The molecule has 0 bridgehead atoms. The summed E-state index contributed by atoms with van der Waals surface area (Å²) in [6.07, 6.45) is 1.71. The first-order valence-electron chi connectivity index (χ1n) is 8.42. The van der Waals surface area contributed by atoms with Crippen molar-refractivity contribution in [3.05, 3.63) is 58.8 Å². The number of β-amino-alcohol motifs (C(OH)–C–C–N with tert-alkyl or cyclic N) is 1. The van der Waals surface area contributed by atoms with Crippen LogP contribution in [0.2, 0.25) is 0 Å². The number of carboxylic acid groups (broad SMARTS) is 1. The summed E-state index contributed by atoms with van der Waals surface area (Å²) in [4.78, 5) is 13.2. The topological polar surface area (TPSA) is 73.9 Å². The fourth-order valence-electron chi connectivity index (χ4n) is 3.45. The van der Waals surface area contributed by atoms with Gasteiger partial charge in [-0.15, -0.1) is 0 Å². The minimum Gasteiger partial charge on any atom is -0.475 e. The van der Waals surface area contributed by atoms with Crippen molar-refractivity contribution in [1.29, 1.82) is 0 Å². The Hall–Kier alpha value is -2.18. The molecule has 1 aromatic carbocycles. The number of furan rings is 1. The number of carbonyl (C=O) groups is 1.